The molecule has 1 aromatic rings. The normalized spacial score (nSPS) is 12.3. The first-order chi connectivity index (χ1) is 6.59. The number of phenolic OH excluding ortho intramolecular Hbond substituents is 1. The Morgan fingerprint density at radius 3 is 2.50 bits per heavy atom. The molecule has 0 unspecified atom stereocenters. The lowest BCUT2D eigenvalue weighted by molar-refractivity contribution is 0.475. The minimum Gasteiger partial charge on any atom is -0.508 e. The second-order valence-electron chi connectivity index (χ2n) is 3.83. The molecule has 0 aromatic heterocycles. The minimum atomic E-state index is 0.352. The van der Waals surface area contributed by atoms with Gasteiger partial charge in [0.05, 0.1) is 0 Å². The van der Waals surface area contributed by atoms with E-state index in [4.69, 9.17) is 5.11 Å². The van der Waals surface area contributed by atoms with Crippen LogP contribution in [0.15, 0.2) is 24.3 Å². The topological polar surface area (TPSA) is 23.5 Å². The van der Waals surface area contributed by atoms with Crippen LogP contribution in [0.1, 0.15) is 11.1 Å². The molecule has 1 aliphatic carbocycles. The number of aromatic hydroxyl groups is 1. The first-order valence-electron chi connectivity index (χ1n) is 4.69. The molecule has 1 aliphatic rings. The summed E-state index contributed by atoms with van der Waals surface area (Å²) in [6.07, 6.45) is 5.15. The van der Waals surface area contributed by atoms with E-state index >= 15 is 0 Å². The Labute approximate surface area is 85.5 Å². The highest BCUT2D eigenvalue weighted by Crippen LogP contribution is 2.22. The molecule has 0 bridgehead atoms. The Balaban J connectivity index is 0.000000213. The van der Waals surface area contributed by atoms with Crippen molar-refractivity contribution in [1.82, 2.24) is 4.90 Å². The molecular weight excluding hydrogens is 174 g/mol. The summed E-state index contributed by atoms with van der Waals surface area (Å²) in [6, 6.07) is 5.48. The smallest absolute Gasteiger partial charge is 0.116 e. The molecule has 0 fully saturated rings. The largest absolute Gasteiger partial charge is 0.508 e. The molecule has 0 radical (unpaired) electrons. The fraction of sp³-hybridized carbons (Fsp3) is 0.333. The van der Waals surface area contributed by atoms with Gasteiger partial charge in [-0.25, -0.2) is 0 Å². The molecule has 14 heavy (non-hydrogen) atoms. The summed E-state index contributed by atoms with van der Waals surface area (Å²) < 4.78 is 0. The summed E-state index contributed by atoms with van der Waals surface area (Å²) in [4.78, 5) is 2.00. The number of rotatable bonds is 0. The molecule has 1 N–H and O–H groups in total. The zero-order valence-corrected chi connectivity index (χ0v) is 8.99. The van der Waals surface area contributed by atoms with Crippen LogP contribution in [0.4, 0.5) is 0 Å². The lowest BCUT2D eigenvalue weighted by atomic mass is 10.1. The van der Waals surface area contributed by atoms with Gasteiger partial charge in [0.15, 0.2) is 0 Å². The van der Waals surface area contributed by atoms with Crippen molar-refractivity contribution in [3.63, 3.8) is 0 Å². The maximum Gasteiger partial charge on any atom is 0.116 e. The Morgan fingerprint density at radius 2 is 1.86 bits per heavy atom. The van der Waals surface area contributed by atoms with Gasteiger partial charge in [0.25, 0.3) is 0 Å². The summed E-state index contributed by atoms with van der Waals surface area (Å²) >= 11 is 0. The predicted octanol–water partition coefficient (Wildman–Crippen LogP) is 2.14. The van der Waals surface area contributed by atoms with Gasteiger partial charge in [-0.15, -0.1) is 0 Å². The third-order valence-corrected chi connectivity index (χ3v) is 1.76. The minimum absolute atomic E-state index is 0.352. The van der Waals surface area contributed by atoms with Gasteiger partial charge in [-0.2, -0.15) is 0 Å². The Kier molecular flexibility index (Phi) is 3.72. The van der Waals surface area contributed by atoms with Crippen LogP contribution in [-0.2, 0) is 6.42 Å². The van der Waals surface area contributed by atoms with E-state index in [2.05, 4.69) is 6.08 Å². The number of hydrogen-bond donors (Lipinski definition) is 1. The van der Waals surface area contributed by atoms with Crippen molar-refractivity contribution in [3.05, 3.63) is 35.4 Å². The van der Waals surface area contributed by atoms with E-state index in [-0.39, 0.29) is 0 Å². The second-order valence-corrected chi connectivity index (χ2v) is 3.83. The summed E-state index contributed by atoms with van der Waals surface area (Å²) in [5.41, 5.74) is 2.46. The van der Waals surface area contributed by atoms with Crippen molar-refractivity contribution < 1.29 is 5.11 Å². The van der Waals surface area contributed by atoms with E-state index in [0.717, 1.165) is 12.0 Å². The zero-order valence-electron chi connectivity index (χ0n) is 8.99. The fourth-order valence-corrected chi connectivity index (χ4v) is 1.24. The molecule has 2 rings (SSSR count). The molecule has 76 valence electrons. The van der Waals surface area contributed by atoms with Gasteiger partial charge >= 0.3 is 0 Å². The van der Waals surface area contributed by atoms with Crippen LogP contribution in [0.2, 0.25) is 0 Å². The van der Waals surface area contributed by atoms with Crippen LogP contribution < -0.4 is 0 Å². The molecule has 0 spiro atoms. The van der Waals surface area contributed by atoms with Crippen LogP contribution in [0, 0.1) is 0 Å². The van der Waals surface area contributed by atoms with Gasteiger partial charge in [0.2, 0.25) is 0 Å². The van der Waals surface area contributed by atoms with Gasteiger partial charge in [-0.05, 0) is 50.8 Å². The predicted molar refractivity (Wildman–Crippen MR) is 60.5 cm³/mol. The van der Waals surface area contributed by atoms with E-state index in [1.165, 1.54) is 5.56 Å². The number of nitrogens with zero attached hydrogens (tertiary/aromatic N) is 1. The standard InChI is InChI=1S/C9H8O.C3H9N/c10-9-5-4-7-2-1-3-8(7)6-9;1-4(2)3/h1,3-6,10H,2H2;1-3H3. The van der Waals surface area contributed by atoms with Crippen LogP contribution >= 0.6 is 0 Å². The average Bonchev–Trinajstić information content (AvgIpc) is 2.49. The maximum absolute atomic E-state index is 9.06. The highest BCUT2D eigenvalue weighted by atomic mass is 16.3. The SMILES string of the molecule is CN(C)C.Oc1ccc2c(c1)C=CC2. The van der Waals surface area contributed by atoms with Gasteiger partial charge in [-0.1, -0.05) is 18.2 Å². The van der Waals surface area contributed by atoms with E-state index < -0.39 is 0 Å². The number of allylic oxidation sites excluding steroid dienone is 1. The van der Waals surface area contributed by atoms with E-state index in [1.807, 2.05) is 38.2 Å². The van der Waals surface area contributed by atoms with E-state index in [1.54, 1.807) is 12.1 Å². The molecule has 0 saturated carbocycles. The van der Waals surface area contributed by atoms with Gasteiger partial charge < -0.3 is 10.0 Å². The number of fused-ring (bicyclic) bond motifs is 1. The summed E-state index contributed by atoms with van der Waals surface area (Å²) in [7, 11) is 6.00. The number of hydrogen-bond acceptors (Lipinski definition) is 2. The molecule has 0 amide bonds. The summed E-state index contributed by atoms with van der Waals surface area (Å²) in [5.74, 6) is 0.352. The van der Waals surface area contributed by atoms with E-state index in [0.29, 0.717) is 5.75 Å². The van der Waals surface area contributed by atoms with Crippen molar-refractivity contribution in [3.8, 4) is 5.75 Å². The molecule has 1 aromatic carbocycles. The number of benzene rings is 1. The second kappa shape index (κ2) is 4.82. The maximum atomic E-state index is 9.06. The lowest BCUT2D eigenvalue weighted by Gasteiger charge is -1.96. The van der Waals surface area contributed by atoms with E-state index in [9.17, 15) is 0 Å². The summed E-state index contributed by atoms with van der Waals surface area (Å²) in [6.45, 7) is 0. The lowest BCUT2D eigenvalue weighted by Crippen LogP contribution is -1.99. The van der Waals surface area contributed by atoms with Crippen LogP contribution in [0.5, 0.6) is 5.75 Å². The number of phenols is 1. The molecule has 2 nitrogen and oxygen atoms in total. The van der Waals surface area contributed by atoms with Crippen LogP contribution in [0.25, 0.3) is 6.08 Å². The quantitative estimate of drug-likeness (QED) is 0.679. The zero-order chi connectivity index (χ0) is 10.6. The van der Waals surface area contributed by atoms with Crippen LogP contribution in [-0.4, -0.2) is 31.1 Å². The molecule has 0 atom stereocenters. The van der Waals surface area contributed by atoms with Crippen LogP contribution in [0.3, 0.4) is 0 Å². The van der Waals surface area contributed by atoms with Crippen molar-refractivity contribution in [2.75, 3.05) is 21.1 Å². The van der Waals surface area contributed by atoms with Gasteiger partial charge in [0.1, 0.15) is 5.75 Å². The Morgan fingerprint density at radius 1 is 1.21 bits per heavy atom. The monoisotopic (exact) mass is 191 g/mol. The molecule has 2 heteroatoms. The van der Waals surface area contributed by atoms with Gasteiger partial charge in [0, 0.05) is 0 Å². The highest BCUT2D eigenvalue weighted by Gasteiger charge is 2.03. The Hall–Kier alpha value is -1.28. The van der Waals surface area contributed by atoms with Crippen molar-refractivity contribution >= 4 is 6.08 Å². The molecule has 0 heterocycles. The third kappa shape index (κ3) is 3.23. The Bertz CT molecular complexity index is 326. The highest BCUT2D eigenvalue weighted by molar-refractivity contribution is 5.61. The first-order valence-corrected chi connectivity index (χ1v) is 4.69. The van der Waals surface area contributed by atoms with Crippen molar-refractivity contribution in [1.29, 1.82) is 0 Å². The molecule has 0 aliphatic heterocycles. The molecular formula is C12H17NO. The summed E-state index contributed by atoms with van der Waals surface area (Å²) in [5, 5.41) is 9.06. The van der Waals surface area contributed by atoms with Crippen molar-refractivity contribution in [2.24, 2.45) is 0 Å². The van der Waals surface area contributed by atoms with Gasteiger partial charge in [-0.3, -0.25) is 0 Å². The molecule has 0 saturated heterocycles. The average molecular weight is 191 g/mol. The first kappa shape index (κ1) is 10.8. The van der Waals surface area contributed by atoms with Crippen molar-refractivity contribution in [2.45, 2.75) is 6.42 Å². The third-order valence-electron chi connectivity index (χ3n) is 1.76. The fourth-order valence-electron chi connectivity index (χ4n) is 1.24.